The van der Waals surface area contributed by atoms with E-state index in [0.717, 1.165) is 24.8 Å². The van der Waals surface area contributed by atoms with Gasteiger partial charge in [-0.2, -0.15) is 0 Å². The SMILES string of the molecule is CC(C)(C)OC(=O)N[C@H](C(=O)N[C@H](C(=O)N1C[C@H](Oc2ccc(Cl)cn2)C[C@H]1C(=O)O)C(C)(C)C)C1=CCCCC1. The molecule has 1 aliphatic carbocycles. The van der Waals surface area contributed by atoms with Gasteiger partial charge in [0, 0.05) is 18.7 Å². The van der Waals surface area contributed by atoms with Gasteiger partial charge in [-0.15, -0.1) is 0 Å². The third-order valence-corrected chi connectivity index (χ3v) is 7.06. The van der Waals surface area contributed by atoms with E-state index in [1.54, 1.807) is 53.7 Å². The molecular formula is C29H41ClN4O7. The number of allylic oxidation sites excluding steroid dienone is 1. The first kappa shape index (κ1) is 32.2. The van der Waals surface area contributed by atoms with Gasteiger partial charge < -0.3 is 30.1 Å². The highest BCUT2D eigenvalue weighted by molar-refractivity contribution is 6.30. The third-order valence-electron chi connectivity index (χ3n) is 6.84. The molecule has 2 heterocycles. The first-order valence-electron chi connectivity index (χ1n) is 13.9. The zero-order chi connectivity index (χ0) is 30.5. The molecule has 1 aromatic heterocycles. The summed E-state index contributed by atoms with van der Waals surface area (Å²) in [6.07, 6.45) is 5.26. The average Bonchev–Trinajstić information content (AvgIpc) is 3.30. The molecule has 0 bridgehead atoms. The molecule has 1 aliphatic heterocycles. The Labute approximate surface area is 246 Å². The third kappa shape index (κ3) is 9.08. The minimum atomic E-state index is -1.18. The summed E-state index contributed by atoms with van der Waals surface area (Å²) < 4.78 is 11.2. The largest absolute Gasteiger partial charge is 0.480 e. The Hall–Kier alpha value is -3.34. The van der Waals surface area contributed by atoms with Gasteiger partial charge in [0.25, 0.3) is 0 Å². The van der Waals surface area contributed by atoms with Gasteiger partial charge in [-0.05, 0) is 63.5 Å². The Morgan fingerprint density at radius 3 is 2.34 bits per heavy atom. The maximum atomic E-state index is 13.9. The lowest BCUT2D eigenvalue weighted by Gasteiger charge is -2.36. The van der Waals surface area contributed by atoms with Gasteiger partial charge >= 0.3 is 12.1 Å². The van der Waals surface area contributed by atoms with Crippen molar-refractivity contribution >= 4 is 35.5 Å². The molecular weight excluding hydrogens is 552 g/mol. The summed E-state index contributed by atoms with van der Waals surface area (Å²) >= 11 is 5.89. The average molecular weight is 593 g/mol. The van der Waals surface area contributed by atoms with Crippen LogP contribution in [0.2, 0.25) is 5.02 Å². The topological polar surface area (TPSA) is 147 Å². The zero-order valence-corrected chi connectivity index (χ0v) is 25.3. The van der Waals surface area contributed by atoms with Crippen molar-refractivity contribution in [3.63, 3.8) is 0 Å². The molecule has 41 heavy (non-hydrogen) atoms. The van der Waals surface area contributed by atoms with Crippen LogP contribution in [0.25, 0.3) is 0 Å². The Bertz CT molecular complexity index is 1160. The van der Waals surface area contributed by atoms with Gasteiger partial charge in [-0.25, -0.2) is 14.6 Å². The number of carbonyl (C=O) groups is 4. The number of amides is 3. The number of rotatable bonds is 8. The van der Waals surface area contributed by atoms with E-state index in [0.29, 0.717) is 11.4 Å². The quantitative estimate of drug-likeness (QED) is 0.382. The van der Waals surface area contributed by atoms with Gasteiger partial charge in [-0.3, -0.25) is 9.59 Å². The molecule has 4 atom stereocenters. The Balaban J connectivity index is 1.82. The van der Waals surface area contributed by atoms with Crippen LogP contribution in [0, 0.1) is 5.41 Å². The number of hydrogen-bond acceptors (Lipinski definition) is 7. The summed E-state index contributed by atoms with van der Waals surface area (Å²) in [5.74, 6) is -2.04. The number of nitrogens with one attached hydrogen (secondary N) is 2. The summed E-state index contributed by atoms with van der Waals surface area (Å²) in [6.45, 7) is 10.5. The van der Waals surface area contributed by atoms with Crippen molar-refractivity contribution in [3.8, 4) is 5.88 Å². The minimum Gasteiger partial charge on any atom is -0.480 e. The van der Waals surface area contributed by atoms with Crippen LogP contribution in [-0.4, -0.2) is 75.2 Å². The predicted octanol–water partition coefficient (Wildman–Crippen LogP) is 4.09. The molecule has 3 N–H and O–H groups in total. The fourth-order valence-electron chi connectivity index (χ4n) is 4.88. The maximum Gasteiger partial charge on any atom is 0.408 e. The Morgan fingerprint density at radius 1 is 1.10 bits per heavy atom. The van der Waals surface area contributed by atoms with Crippen LogP contribution in [0.4, 0.5) is 4.79 Å². The van der Waals surface area contributed by atoms with E-state index >= 15 is 0 Å². The van der Waals surface area contributed by atoms with Crippen LogP contribution in [0.3, 0.4) is 0 Å². The summed E-state index contributed by atoms with van der Waals surface area (Å²) in [5, 5.41) is 15.9. The van der Waals surface area contributed by atoms with Crippen molar-refractivity contribution < 1.29 is 33.8 Å². The van der Waals surface area contributed by atoms with Crippen LogP contribution in [-0.2, 0) is 19.1 Å². The molecule has 3 amide bonds. The molecule has 0 aromatic carbocycles. The van der Waals surface area contributed by atoms with Gasteiger partial charge in [-0.1, -0.05) is 38.4 Å². The lowest BCUT2D eigenvalue weighted by atomic mass is 9.85. The normalized spacial score (nSPS) is 20.9. The highest BCUT2D eigenvalue weighted by Crippen LogP contribution is 2.29. The second-order valence-corrected chi connectivity index (χ2v) is 13.0. The number of alkyl carbamates (subject to hydrolysis) is 1. The van der Waals surface area contributed by atoms with Crippen molar-refractivity contribution in [2.45, 2.75) is 103 Å². The van der Waals surface area contributed by atoms with Crippen molar-refractivity contribution in [2.24, 2.45) is 5.41 Å². The number of nitrogens with zero attached hydrogens (tertiary/aromatic N) is 2. The molecule has 226 valence electrons. The standard InChI is InChI=1S/C29H41ClN4O7/c1-28(2,3)23(33-24(35)22(17-10-8-7-9-11-17)32-27(39)41-29(4,5)6)25(36)34-16-19(14-20(34)26(37)38)40-21-13-12-18(30)15-31-21/h10,12-13,15,19-20,22-23H,7-9,11,14,16H2,1-6H3,(H,32,39)(H,33,35)(H,37,38)/t19-,20+,22+,23-/m1/s1. The molecule has 12 heteroatoms. The maximum absolute atomic E-state index is 13.9. The molecule has 0 saturated carbocycles. The highest BCUT2D eigenvalue weighted by atomic mass is 35.5. The van der Waals surface area contributed by atoms with E-state index in [1.807, 2.05) is 6.08 Å². The lowest BCUT2D eigenvalue weighted by Crippen LogP contribution is -2.60. The smallest absolute Gasteiger partial charge is 0.408 e. The fraction of sp³-hybridized carbons (Fsp3) is 0.621. The van der Waals surface area contributed by atoms with E-state index in [-0.39, 0.29) is 18.8 Å². The number of ether oxygens (including phenoxy) is 2. The molecule has 0 spiro atoms. The molecule has 0 unspecified atom stereocenters. The Morgan fingerprint density at radius 2 is 1.80 bits per heavy atom. The van der Waals surface area contributed by atoms with Crippen LogP contribution < -0.4 is 15.4 Å². The van der Waals surface area contributed by atoms with Crippen LogP contribution in [0.5, 0.6) is 5.88 Å². The number of hydrogen-bond donors (Lipinski definition) is 3. The lowest BCUT2D eigenvalue weighted by molar-refractivity contribution is -0.150. The second-order valence-electron chi connectivity index (χ2n) is 12.5. The number of halogens is 1. The highest BCUT2D eigenvalue weighted by Gasteiger charge is 2.46. The molecule has 11 nitrogen and oxygen atoms in total. The van der Waals surface area contributed by atoms with E-state index in [9.17, 15) is 24.3 Å². The van der Waals surface area contributed by atoms with E-state index < -0.39 is 59.1 Å². The number of aromatic nitrogens is 1. The van der Waals surface area contributed by atoms with Crippen molar-refractivity contribution in [1.29, 1.82) is 0 Å². The number of pyridine rings is 1. The van der Waals surface area contributed by atoms with Crippen LogP contribution >= 0.6 is 11.6 Å². The number of aliphatic carboxylic acids is 1. The molecule has 3 rings (SSSR count). The summed E-state index contributed by atoms with van der Waals surface area (Å²) in [6, 6.07) is -0.109. The van der Waals surface area contributed by atoms with Crippen molar-refractivity contribution in [2.75, 3.05) is 6.54 Å². The molecule has 0 radical (unpaired) electrons. The van der Waals surface area contributed by atoms with Crippen LogP contribution in [0.15, 0.2) is 30.0 Å². The zero-order valence-electron chi connectivity index (χ0n) is 24.5. The second kappa shape index (κ2) is 13.1. The number of carboxylic acid groups (broad SMARTS) is 1. The van der Waals surface area contributed by atoms with Gasteiger partial charge in [0.1, 0.15) is 29.8 Å². The van der Waals surface area contributed by atoms with Crippen molar-refractivity contribution in [1.82, 2.24) is 20.5 Å². The van der Waals surface area contributed by atoms with Crippen LogP contribution in [0.1, 0.15) is 73.6 Å². The van der Waals surface area contributed by atoms with Crippen molar-refractivity contribution in [3.05, 3.63) is 35.0 Å². The predicted molar refractivity (Wildman–Crippen MR) is 153 cm³/mol. The Kier molecular flexibility index (Phi) is 10.3. The molecule has 1 aromatic rings. The molecule has 1 saturated heterocycles. The van der Waals surface area contributed by atoms with Gasteiger partial charge in [0.15, 0.2) is 0 Å². The van der Waals surface area contributed by atoms with Gasteiger partial charge in [0.05, 0.1) is 11.6 Å². The van der Waals surface area contributed by atoms with E-state index in [1.165, 1.54) is 11.1 Å². The number of carbonyl (C=O) groups excluding carboxylic acids is 3. The van der Waals surface area contributed by atoms with E-state index in [2.05, 4.69) is 15.6 Å². The summed E-state index contributed by atoms with van der Waals surface area (Å²) in [5.41, 5.74) is -0.810. The van der Waals surface area contributed by atoms with E-state index in [4.69, 9.17) is 21.1 Å². The number of likely N-dealkylation sites (tertiary alicyclic amines) is 1. The first-order chi connectivity index (χ1) is 19.0. The summed E-state index contributed by atoms with van der Waals surface area (Å²) in [4.78, 5) is 57.8. The molecule has 1 fully saturated rings. The molecule has 2 aliphatic rings. The minimum absolute atomic E-state index is 0.00665. The summed E-state index contributed by atoms with van der Waals surface area (Å²) in [7, 11) is 0. The first-order valence-corrected chi connectivity index (χ1v) is 14.2. The monoisotopic (exact) mass is 592 g/mol. The number of carboxylic acids is 1. The van der Waals surface area contributed by atoms with Gasteiger partial charge in [0.2, 0.25) is 17.7 Å². The fourth-order valence-corrected chi connectivity index (χ4v) is 4.99.